The fourth-order valence-electron chi connectivity index (χ4n) is 2.69. The molecule has 0 fully saturated rings. The quantitative estimate of drug-likeness (QED) is 0.604. The number of carbonyl (C=O) groups excluding carboxylic acids is 3. The Balaban J connectivity index is 1.71. The van der Waals surface area contributed by atoms with Crippen LogP contribution in [0.4, 0.5) is 0 Å². The van der Waals surface area contributed by atoms with Gasteiger partial charge in [0.25, 0.3) is 5.91 Å². The molecular weight excluding hydrogens is 374 g/mol. The maximum absolute atomic E-state index is 12.1. The zero-order valence-corrected chi connectivity index (χ0v) is 17.3. The normalized spacial score (nSPS) is 11.7. The maximum atomic E-state index is 12.1. The van der Waals surface area contributed by atoms with E-state index in [1.165, 1.54) is 16.9 Å². The number of benzene rings is 1. The van der Waals surface area contributed by atoms with Gasteiger partial charge in [-0.2, -0.15) is 0 Å². The zero-order chi connectivity index (χ0) is 20.5. The van der Waals surface area contributed by atoms with Crippen LogP contribution < -0.4 is 16.0 Å². The molecule has 2 aromatic rings. The van der Waals surface area contributed by atoms with E-state index in [1.807, 2.05) is 19.1 Å². The van der Waals surface area contributed by atoms with Gasteiger partial charge in [0.15, 0.2) is 0 Å². The summed E-state index contributed by atoms with van der Waals surface area (Å²) in [6.07, 6.45) is 1.02. The first kappa shape index (κ1) is 21.6. The fourth-order valence-corrected chi connectivity index (χ4v) is 3.33. The standard InChI is InChI=1S/C21H27N3O3S/c1-14(2)11-16-6-8-17(9-7-16)15(3)24-20(26)13-22-19(25)12-23-21(27)18-5-4-10-28-18/h4-10,14-15H,11-13H2,1-3H3,(H,22,25)(H,23,27)(H,24,26)/t15-/m0/s1. The molecule has 28 heavy (non-hydrogen) atoms. The van der Waals surface area contributed by atoms with Crippen molar-refractivity contribution >= 4 is 29.1 Å². The molecule has 150 valence electrons. The summed E-state index contributed by atoms with van der Waals surface area (Å²) >= 11 is 1.30. The molecule has 6 nitrogen and oxygen atoms in total. The van der Waals surface area contributed by atoms with Crippen molar-refractivity contribution in [2.75, 3.05) is 13.1 Å². The third-order valence-corrected chi connectivity index (χ3v) is 4.97. The van der Waals surface area contributed by atoms with E-state index >= 15 is 0 Å². The number of hydrogen-bond acceptors (Lipinski definition) is 4. The minimum Gasteiger partial charge on any atom is -0.348 e. The lowest BCUT2D eigenvalue weighted by Crippen LogP contribution is -2.42. The molecule has 0 saturated heterocycles. The molecule has 2 rings (SSSR count). The largest absolute Gasteiger partial charge is 0.348 e. The van der Waals surface area contributed by atoms with Crippen molar-refractivity contribution in [3.8, 4) is 0 Å². The van der Waals surface area contributed by atoms with Gasteiger partial charge in [-0.15, -0.1) is 11.3 Å². The third-order valence-electron chi connectivity index (χ3n) is 4.10. The predicted octanol–water partition coefficient (Wildman–Crippen LogP) is 2.67. The number of thiophene rings is 1. The van der Waals surface area contributed by atoms with Crippen molar-refractivity contribution in [1.82, 2.24) is 16.0 Å². The summed E-state index contributed by atoms with van der Waals surface area (Å²) in [6, 6.07) is 11.5. The molecule has 0 saturated carbocycles. The Morgan fingerprint density at radius 3 is 2.21 bits per heavy atom. The Hall–Kier alpha value is -2.67. The molecular formula is C21H27N3O3S. The molecule has 3 N–H and O–H groups in total. The molecule has 0 spiro atoms. The summed E-state index contributed by atoms with van der Waals surface area (Å²) in [7, 11) is 0. The highest BCUT2D eigenvalue weighted by Crippen LogP contribution is 2.15. The molecule has 1 aromatic carbocycles. The Labute approximate surface area is 169 Å². The molecule has 0 radical (unpaired) electrons. The number of nitrogens with one attached hydrogen (secondary N) is 3. The Morgan fingerprint density at radius 2 is 1.61 bits per heavy atom. The van der Waals surface area contributed by atoms with E-state index in [1.54, 1.807) is 17.5 Å². The van der Waals surface area contributed by atoms with Crippen molar-refractivity contribution in [1.29, 1.82) is 0 Å². The molecule has 3 amide bonds. The second kappa shape index (κ2) is 10.6. The van der Waals surface area contributed by atoms with Crippen LogP contribution in [-0.4, -0.2) is 30.8 Å². The van der Waals surface area contributed by atoms with E-state index < -0.39 is 5.91 Å². The van der Waals surface area contributed by atoms with Crippen molar-refractivity contribution in [2.24, 2.45) is 5.92 Å². The zero-order valence-electron chi connectivity index (χ0n) is 16.5. The minimum atomic E-state index is -0.411. The number of rotatable bonds is 9. The fraction of sp³-hybridized carbons (Fsp3) is 0.381. The van der Waals surface area contributed by atoms with Gasteiger partial charge in [0.05, 0.1) is 24.0 Å². The topological polar surface area (TPSA) is 87.3 Å². The smallest absolute Gasteiger partial charge is 0.261 e. The van der Waals surface area contributed by atoms with Gasteiger partial charge >= 0.3 is 0 Å². The Bertz CT molecular complexity index is 786. The highest BCUT2D eigenvalue weighted by Gasteiger charge is 2.12. The van der Waals surface area contributed by atoms with E-state index in [-0.39, 0.29) is 30.9 Å². The van der Waals surface area contributed by atoms with Crippen molar-refractivity contribution in [3.05, 3.63) is 57.8 Å². The first-order valence-corrected chi connectivity index (χ1v) is 10.2. The lowest BCUT2D eigenvalue weighted by atomic mass is 10.00. The maximum Gasteiger partial charge on any atom is 0.261 e. The highest BCUT2D eigenvalue weighted by atomic mass is 32.1. The van der Waals surface area contributed by atoms with E-state index in [4.69, 9.17) is 0 Å². The molecule has 0 aliphatic rings. The van der Waals surface area contributed by atoms with Crippen LogP contribution in [0.1, 0.15) is 47.6 Å². The highest BCUT2D eigenvalue weighted by molar-refractivity contribution is 7.12. The summed E-state index contributed by atoms with van der Waals surface area (Å²) in [4.78, 5) is 36.2. The van der Waals surface area contributed by atoms with Crippen molar-refractivity contribution < 1.29 is 14.4 Å². The Morgan fingerprint density at radius 1 is 0.929 bits per heavy atom. The predicted molar refractivity (Wildman–Crippen MR) is 111 cm³/mol. The van der Waals surface area contributed by atoms with E-state index in [0.29, 0.717) is 10.8 Å². The van der Waals surface area contributed by atoms with Crippen molar-refractivity contribution in [3.63, 3.8) is 0 Å². The summed E-state index contributed by atoms with van der Waals surface area (Å²) < 4.78 is 0. The van der Waals surface area contributed by atoms with Crippen LogP contribution in [0.3, 0.4) is 0 Å². The molecule has 0 aliphatic heterocycles. The lowest BCUT2D eigenvalue weighted by Gasteiger charge is -2.15. The Kier molecular flexibility index (Phi) is 8.19. The molecule has 1 aromatic heterocycles. The van der Waals surface area contributed by atoms with E-state index in [2.05, 4.69) is 41.9 Å². The SMILES string of the molecule is CC(C)Cc1ccc([C@H](C)NC(=O)CNC(=O)CNC(=O)c2cccs2)cc1. The molecule has 0 unspecified atom stereocenters. The number of amides is 3. The van der Waals surface area contributed by atoms with E-state index in [9.17, 15) is 14.4 Å². The first-order chi connectivity index (χ1) is 13.3. The van der Waals surface area contributed by atoms with Gasteiger partial charge in [-0.1, -0.05) is 44.2 Å². The number of carbonyl (C=O) groups is 3. The molecule has 0 bridgehead atoms. The van der Waals surface area contributed by atoms with Gasteiger partial charge < -0.3 is 16.0 Å². The second-order valence-corrected chi connectivity index (χ2v) is 8.01. The summed E-state index contributed by atoms with van der Waals surface area (Å²) in [6.45, 7) is 5.95. The van der Waals surface area contributed by atoms with Gasteiger partial charge in [-0.05, 0) is 41.8 Å². The van der Waals surface area contributed by atoms with Crippen LogP contribution >= 0.6 is 11.3 Å². The van der Waals surface area contributed by atoms with Crippen LogP contribution in [0.2, 0.25) is 0 Å². The van der Waals surface area contributed by atoms with Crippen LogP contribution in [-0.2, 0) is 16.0 Å². The summed E-state index contributed by atoms with van der Waals surface area (Å²) in [5, 5.41) is 9.68. The minimum absolute atomic E-state index is 0.135. The average Bonchev–Trinajstić information content (AvgIpc) is 3.19. The van der Waals surface area contributed by atoms with Gasteiger partial charge in [-0.25, -0.2) is 0 Å². The molecule has 1 heterocycles. The average molecular weight is 402 g/mol. The van der Waals surface area contributed by atoms with Gasteiger partial charge in [0.1, 0.15) is 0 Å². The van der Waals surface area contributed by atoms with E-state index in [0.717, 1.165) is 12.0 Å². The van der Waals surface area contributed by atoms with Gasteiger partial charge in [0, 0.05) is 0 Å². The molecule has 0 aliphatic carbocycles. The van der Waals surface area contributed by atoms with Crippen molar-refractivity contribution in [2.45, 2.75) is 33.2 Å². The molecule has 1 atom stereocenters. The third kappa shape index (κ3) is 7.15. The number of hydrogen-bond donors (Lipinski definition) is 3. The molecule has 7 heteroatoms. The van der Waals surface area contributed by atoms with Gasteiger partial charge in [0.2, 0.25) is 11.8 Å². The first-order valence-electron chi connectivity index (χ1n) is 9.31. The van der Waals surface area contributed by atoms with Crippen LogP contribution in [0, 0.1) is 5.92 Å². The summed E-state index contributed by atoms with van der Waals surface area (Å²) in [5.74, 6) is -0.395. The lowest BCUT2D eigenvalue weighted by molar-refractivity contribution is -0.125. The van der Waals surface area contributed by atoms with Crippen LogP contribution in [0.25, 0.3) is 0 Å². The van der Waals surface area contributed by atoms with Crippen LogP contribution in [0.15, 0.2) is 41.8 Å². The summed E-state index contributed by atoms with van der Waals surface area (Å²) in [5.41, 5.74) is 2.28. The van der Waals surface area contributed by atoms with Crippen LogP contribution in [0.5, 0.6) is 0 Å². The van der Waals surface area contributed by atoms with Gasteiger partial charge in [-0.3, -0.25) is 14.4 Å². The monoisotopic (exact) mass is 401 g/mol. The second-order valence-electron chi connectivity index (χ2n) is 7.07.